The molecular weight excluding hydrogens is 437 g/mol. The molecule has 2 atom stereocenters. The minimum atomic E-state index is -0.447. The van der Waals surface area contributed by atoms with Gasteiger partial charge < -0.3 is 15.0 Å². The monoisotopic (exact) mass is 455 g/mol. The van der Waals surface area contributed by atoms with Crippen LogP contribution >= 0.6 is 35.6 Å². The van der Waals surface area contributed by atoms with E-state index in [1.807, 2.05) is 12.1 Å². The molecule has 4 rings (SSSR count). The fourth-order valence-corrected chi connectivity index (χ4v) is 3.89. The molecular formula is C20H20Cl3N3O3. The predicted molar refractivity (Wildman–Crippen MR) is 118 cm³/mol. The number of aromatic nitrogens is 2. The average Bonchev–Trinajstić information content (AvgIpc) is 2.93. The Morgan fingerprint density at radius 2 is 1.90 bits per heavy atom. The van der Waals surface area contributed by atoms with Gasteiger partial charge in [0.05, 0.1) is 40.2 Å². The molecule has 3 aromatic rings. The van der Waals surface area contributed by atoms with E-state index in [0.717, 1.165) is 5.56 Å². The first-order valence-electron chi connectivity index (χ1n) is 9.04. The molecule has 29 heavy (non-hydrogen) atoms. The van der Waals surface area contributed by atoms with Gasteiger partial charge in [-0.1, -0.05) is 41.4 Å². The molecule has 0 bridgehead atoms. The van der Waals surface area contributed by atoms with E-state index in [1.54, 1.807) is 30.3 Å². The number of nitrogens with zero attached hydrogens (tertiary/aromatic N) is 1. The lowest BCUT2D eigenvalue weighted by atomic mass is 9.93. The summed E-state index contributed by atoms with van der Waals surface area (Å²) in [5.74, 6) is -0.0879. The van der Waals surface area contributed by atoms with Crippen molar-refractivity contribution in [1.82, 2.24) is 14.9 Å². The summed E-state index contributed by atoms with van der Waals surface area (Å²) < 4.78 is 7.23. The summed E-state index contributed by atoms with van der Waals surface area (Å²) in [6, 6.07) is 12.4. The second-order valence-corrected chi connectivity index (χ2v) is 7.60. The Morgan fingerprint density at radius 3 is 2.69 bits per heavy atom. The molecule has 1 aliphatic heterocycles. The minimum absolute atomic E-state index is 0. The maximum absolute atomic E-state index is 12.9. The largest absolute Gasteiger partial charge is 0.374 e. The van der Waals surface area contributed by atoms with Crippen molar-refractivity contribution in [3.8, 4) is 0 Å². The quantitative estimate of drug-likeness (QED) is 0.635. The summed E-state index contributed by atoms with van der Waals surface area (Å²) >= 11 is 12.2. The Labute approximate surface area is 183 Å². The summed E-state index contributed by atoms with van der Waals surface area (Å²) in [6.07, 6.45) is -0.368. The van der Waals surface area contributed by atoms with Gasteiger partial charge in [0.25, 0.3) is 5.56 Å². The zero-order valence-electron chi connectivity index (χ0n) is 15.4. The second-order valence-electron chi connectivity index (χ2n) is 6.78. The summed E-state index contributed by atoms with van der Waals surface area (Å²) in [5, 5.41) is 4.74. The Kier molecular flexibility index (Phi) is 7.03. The Balaban J connectivity index is 0.00000240. The van der Waals surface area contributed by atoms with Crippen LogP contribution in [0.5, 0.6) is 0 Å². The van der Waals surface area contributed by atoms with E-state index < -0.39 is 5.69 Å². The van der Waals surface area contributed by atoms with Crippen molar-refractivity contribution < 1.29 is 4.74 Å². The Bertz CT molecular complexity index is 1130. The summed E-state index contributed by atoms with van der Waals surface area (Å²) in [6.45, 7) is 1.97. The van der Waals surface area contributed by atoms with Crippen molar-refractivity contribution in [3.63, 3.8) is 0 Å². The molecule has 6 nitrogen and oxygen atoms in total. The molecule has 1 saturated heterocycles. The lowest BCUT2D eigenvalue weighted by Crippen LogP contribution is -2.41. The molecule has 0 amide bonds. The van der Waals surface area contributed by atoms with E-state index in [9.17, 15) is 9.59 Å². The van der Waals surface area contributed by atoms with Crippen molar-refractivity contribution in [3.05, 3.63) is 78.9 Å². The highest BCUT2D eigenvalue weighted by Crippen LogP contribution is 2.30. The van der Waals surface area contributed by atoms with E-state index >= 15 is 0 Å². The van der Waals surface area contributed by atoms with Crippen LogP contribution in [0, 0.1) is 0 Å². The fraction of sp³-hybridized carbons (Fsp3) is 0.300. The number of H-pyrrole nitrogens is 1. The number of aromatic amines is 1. The molecule has 2 N–H and O–H groups in total. The van der Waals surface area contributed by atoms with Crippen molar-refractivity contribution in [2.45, 2.75) is 18.6 Å². The standard InChI is InChI=1S/C20H19Cl2N3O3.ClH/c21-15-6-5-12(9-16(15)22)14-10-23-7-8-28-18(14)11-25-19(26)13-3-1-2-4-17(13)24-20(25)27;/h1-6,9,14,18,23H,7-8,10-11H2,(H,24,27);1H. The van der Waals surface area contributed by atoms with Gasteiger partial charge in [-0.05, 0) is 29.8 Å². The lowest BCUT2D eigenvalue weighted by molar-refractivity contribution is 0.0384. The third-order valence-electron chi connectivity index (χ3n) is 5.05. The van der Waals surface area contributed by atoms with Crippen LogP contribution in [0.15, 0.2) is 52.1 Å². The van der Waals surface area contributed by atoms with Crippen LogP contribution in [0.2, 0.25) is 10.0 Å². The molecule has 1 aromatic heterocycles. The maximum atomic E-state index is 12.9. The number of hydrogen-bond acceptors (Lipinski definition) is 4. The van der Waals surface area contributed by atoms with E-state index in [2.05, 4.69) is 10.3 Å². The average molecular weight is 457 g/mol. The highest BCUT2D eigenvalue weighted by molar-refractivity contribution is 6.42. The van der Waals surface area contributed by atoms with Crippen molar-refractivity contribution in [2.75, 3.05) is 19.7 Å². The zero-order chi connectivity index (χ0) is 19.7. The molecule has 0 spiro atoms. The van der Waals surface area contributed by atoms with Crippen molar-refractivity contribution in [2.24, 2.45) is 0 Å². The van der Waals surface area contributed by atoms with Gasteiger partial charge in [-0.15, -0.1) is 12.4 Å². The normalized spacial score (nSPS) is 19.5. The third kappa shape index (κ3) is 4.52. The van der Waals surface area contributed by atoms with E-state index in [4.69, 9.17) is 27.9 Å². The molecule has 2 unspecified atom stereocenters. The predicted octanol–water partition coefficient (Wildman–Crippen LogP) is 3.19. The molecule has 0 aliphatic carbocycles. The third-order valence-corrected chi connectivity index (χ3v) is 5.79. The smallest absolute Gasteiger partial charge is 0.328 e. The van der Waals surface area contributed by atoms with Crippen LogP contribution in [0.1, 0.15) is 11.5 Å². The lowest BCUT2D eigenvalue weighted by Gasteiger charge is -2.26. The van der Waals surface area contributed by atoms with Gasteiger partial charge in [0.1, 0.15) is 0 Å². The summed E-state index contributed by atoms with van der Waals surface area (Å²) in [5.41, 5.74) is 0.697. The first kappa shape index (κ1) is 21.9. The van der Waals surface area contributed by atoms with Gasteiger partial charge in [-0.2, -0.15) is 0 Å². The zero-order valence-corrected chi connectivity index (χ0v) is 17.7. The van der Waals surface area contributed by atoms with Crippen LogP contribution < -0.4 is 16.6 Å². The number of hydrogen-bond donors (Lipinski definition) is 2. The molecule has 0 saturated carbocycles. The first-order valence-corrected chi connectivity index (χ1v) is 9.79. The van der Waals surface area contributed by atoms with Gasteiger partial charge in [-0.25, -0.2) is 4.79 Å². The number of para-hydroxylation sites is 1. The molecule has 2 aromatic carbocycles. The van der Waals surface area contributed by atoms with Crippen molar-refractivity contribution in [1.29, 1.82) is 0 Å². The Morgan fingerprint density at radius 1 is 1.10 bits per heavy atom. The van der Waals surface area contributed by atoms with Crippen LogP contribution in [-0.2, 0) is 11.3 Å². The molecule has 1 aliphatic rings. The van der Waals surface area contributed by atoms with E-state index in [0.29, 0.717) is 40.6 Å². The fourth-order valence-electron chi connectivity index (χ4n) is 3.59. The van der Waals surface area contributed by atoms with Gasteiger partial charge in [0.2, 0.25) is 0 Å². The van der Waals surface area contributed by atoms with Gasteiger partial charge in [-0.3, -0.25) is 9.36 Å². The van der Waals surface area contributed by atoms with Crippen LogP contribution in [0.4, 0.5) is 0 Å². The molecule has 2 heterocycles. The van der Waals surface area contributed by atoms with Gasteiger partial charge in [0, 0.05) is 19.0 Å². The van der Waals surface area contributed by atoms with Crippen LogP contribution in [-0.4, -0.2) is 35.4 Å². The highest BCUT2D eigenvalue weighted by atomic mass is 35.5. The number of nitrogens with one attached hydrogen (secondary N) is 2. The Hall–Kier alpha value is -1.83. The maximum Gasteiger partial charge on any atom is 0.328 e. The SMILES string of the molecule is Cl.O=c1[nH]c2ccccc2c(=O)n1CC1OCCNCC1c1ccc(Cl)c(Cl)c1. The first-order chi connectivity index (χ1) is 13.5. The van der Waals surface area contributed by atoms with Crippen molar-refractivity contribution >= 4 is 46.5 Å². The minimum Gasteiger partial charge on any atom is -0.374 e. The summed E-state index contributed by atoms with van der Waals surface area (Å²) in [7, 11) is 0. The molecule has 0 radical (unpaired) electrons. The van der Waals surface area contributed by atoms with Gasteiger partial charge in [0.15, 0.2) is 0 Å². The number of fused-ring (bicyclic) bond motifs is 1. The number of halogens is 3. The topological polar surface area (TPSA) is 76.1 Å². The molecule has 154 valence electrons. The number of benzene rings is 2. The van der Waals surface area contributed by atoms with Crippen LogP contribution in [0.3, 0.4) is 0 Å². The van der Waals surface area contributed by atoms with Crippen LogP contribution in [0.25, 0.3) is 10.9 Å². The summed E-state index contributed by atoms with van der Waals surface area (Å²) in [4.78, 5) is 28.2. The van der Waals surface area contributed by atoms with Gasteiger partial charge >= 0.3 is 5.69 Å². The number of ether oxygens (including phenoxy) is 1. The van der Waals surface area contributed by atoms with E-state index in [1.165, 1.54) is 4.57 Å². The van der Waals surface area contributed by atoms with E-state index in [-0.39, 0.29) is 36.5 Å². The highest BCUT2D eigenvalue weighted by Gasteiger charge is 2.28. The second kappa shape index (κ2) is 9.32. The number of rotatable bonds is 3. The molecule has 1 fully saturated rings. The molecule has 9 heteroatoms.